The van der Waals surface area contributed by atoms with Gasteiger partial charge in [0.2, 0.25) is 5.88 Å². The van der Waals surface area contributed by atoms with Crippen molar-refractivity contribution in [2.45, 2.75) is 26.2 Å². The van der Waals surface area contributed by atoms with E-state index in [1.54, 1.807) is 12.1 Å². The second-order valence-corrected chi connectivity index (χ2v) is 7.28. The van der Waals surface area contributed by atoms with Gasteiger partial charge in [-0.3, -0.25) is 10.1 Å². The van der Waals surface area contributed by atoms with Crippen molar-refractivity contribution in [2.24, 2.45) is 0 Å². The third kappa shape index (κ3) is 6.19. The number of esters is 1. The molecule has 2 rings (SSSR count). The average Bonchev–Trinajstić information content (AvgIpc) is 3.01. The van der Waals surface area contributed by atoms with E-state index >= 15 is 0 Å². The minimum Gasteiger partial charge on any atom is -0.452 e. The van der Waals surface area contributed by atoms with Gasteiger partial charge >= 0.3 is 5.97 Å². The van der Waals surface area contributed by atoms with E-state index in [1.807, 2.05) is 45.0 Å². The van der Waals surface area contributed by atoms with E-state index in [1.165, 1.54) is 6.08 Å². The molecular weight excluding hydrogens is 388 g/mol. The molecule has 6 nitrogen and oxygen atoms in total. The summed E-state index contributed by atoms with van der Waals surface area (Å²) in [5, 5.41) is 6.39. The van der Waals surface area contributed by atoms with E-state index in [2.05, 4.69) is 26.4 Å². The quantitative estimate of drug-likeness (QED) is 0.600. The molecule has 0 spiro atoms. The van der Waals surface area contributed by atoms with Gasteiger partial charge in [-0.2, -0.15) is 0 Å². The molecule has 0 unspecified atom stereocenters. The SMILES string of the molecule is CC(C)(C)c1cc(NC(=O)COC(=O)/C=C/c2ccc(Br)cc2)on1. The number of benzene rings is 1. The molecule has 25 heavy (non-hydrogen) atoms. The summed E-state index contributed by atoms with van der Waals surface area (Å²) >= 11 is 3.33. The molecule has 1 heterocycles. The Morgan fingerprint density at radius 2 is 1.96 bits per heavy atom. The number of nitrogens with one attached hydrogen (secondary N) is 1. The maximum Gasteiger partial charge on any atom is 0.331 e. The highest BCUT2D eigenvalue weighted by Crippen LogP contribution is 2.23. The number of hydrogen-bond acceptors (Lipinski definition) is 5. The van der Waals surface area contributed by atoms with Crippen LogP contribution in [0, 0.1) is 0 Å². The predicted molar refractivity (Wildman–Crippen MR) is 98.0 cm³/mol. The van der Waals surface area contributed by atoms with Crippen LogP contribution in [0.2, 0.25) is 0 Å². The number of rotatable bonds is 5. The van der Waals surface area contributed by atoms with Gasteiger partial charge in [0.15, 0.2) is 6.61 Å². The van der Waals surface area contributed by atoms with E-state index in [9.17, 15) is 9.59 Å². The number of aromatic nitrogens is 1. The maximum absolute atomic E-state index is 11.8. The summed E-state index contributed by atoms with van der Waals surface area (Å²) < 4.78 is 10.9. The van der Waals surface area contributed by atoms with Crippen LogP contribution in [0.5, 0.6) is 0 Å². The van der Waals surface area contributed by atoms with Gasteiger partial charge in [-0.15, -0.1) is 0 Å². The largest absolute Gasteiger partial charge is 0.452 e. The second kappa shape index (κ2) is 8.11. The molecule has 1 N–H and O–H groups in total. The molecule has 2 aromatic rings. The highest BCUT2D eigenvalue weighted by molar-refractivity contribution is 9.10. The maximum atomic E-state index is 11.8. The zero-order valence-corrected chi connectivity index (χ0v) is 15.8. The Hall–Kier alpha value is -2.41. The number of carbonyl (C=O) groups excluding carboxylic acids is 2. The zero-order chi connectivity index (χ0) is 18.4. The molecule has 0 bridgehead atoms. The van der Waals surface area contributed by atoms with Crippen LogP contribution in [0.1, 0.15) is 32.0 Å². The second-order valence-electron chi connectivity index (χ2n) is 6.37. The van der Waals surface area contributed by atoms with Gasteiger partial charge in [0, 0.05) is 22.0 Å². The van der Waals surface area contributed by atoms with Crippen LogP contribution in [0.3, 0.4) is 0 Å². The molecule has 0 aliphatic rings. The van der Waals surface area contributed by atoms with Gasteiger partial charge in [0.05, 0.1) is 5.69 Å². The lowest BCUT2D eigenvalue weighted by molar-refractivity contribution is -0.142. The first-order chi connectivity index (χ1) is 11.7. The summed E-state index contributed by atoms with van der Waals surface area (Å²) in [6.45, 7) is 5.54. The molecular formula is C18H19BrN2O4. The first kappa shape index (κ1) is 18.9. The summed E-state index contributed by atoms with van der Waals surface area (Å²) in [6, 6.07) is 9.06. The van der Waals surface area contributed by atoms with Gasteiger partial charge in [0.25, 0.3) is 5.91 Å². The lowest BCUT2D eigenvalue weighted by Gasteiger charge is -2.12. The van der Waals surface area contributed by atoms with Crippen LogP contribution in [0.15, 0.2) is 45.4 Å². The number of anilines is 1. The van der Waals surface area contributed by atoms with E-state index in [0.717, 1.165) is 15.7 Å². The molecule has 0 aliphatic heterocycles. The lowest BCUT2D eigenvalue weighted by atomic mass is 9.92. The van der Waals surface area contributed by atoms with Crippen LogP contribution in [0.25, 0.3) is 6.08 Å². The Kier molecular flexibility index (Phi) is 6.14. The van der Waals surface area contributed by atoms with Crippen LogP contribution in [-0.4, -0.2) is 23.6 Å². The summed E-state index contributed by atoms with van der Waals surface area (Å²) in [7, 11) is 0. The molecule has 1 aromatic carbocycles. The van der Waals surface area contributed by atoms with Crippen molar-refractivity contribution in [3.8, 4) is 0 Å². The van der Waals surface area contributed by atoms with Crippen LogP contribution >= 0.6 is 15.9 Å². The topological polar surface area (TPSA) is 81.4 Å². The van der Waals surface area contributed by atoms with Crippen molar-refractivity contribution < 1.29 is 18.8 Å². The Morgan fingerprint density at radius 1 is 1.28 bits per heavy atom. The van der Waals surface area contributed by atoms with Crippen molar-refractivity contribution in [1.29, 1.82) is 0 Å². The van der Waals surface area contributed by atoms with Gasteiger partial charge in [-0.05, 0) is 23.8 Å². The number of nitrogens with zero attached hydrogens (tertiary/aromatic N) is 1. The van der Waals surface area contributed by atoms with Crippen molar-refractivity contribution in [3.05, 3.63) is 52.1 Å². The highest BCUT2D eigenvalue weighted by Gasteiger charge is 2.19. The number of amides is 1. The molecule has 7 heteroatoms. The zero-order valence-electron chi connectivity index (χ0n) is 14.2. The molecule has 1 aromatic heterocycles. The Morgan fingerprint density at radius 3 is 2.56 bits per heavy atom. The molecule has 0 aliphatic carbocycles. The first-order valence-electron chi connectivity index (χ1n) is 7.61. The fraction of sp³-hybridized carbons (Fsp3) is 0.278. The number of carbonyl (C=O) groups is 2. The summed E-state index contributed by atoms with van der Waals surface area (Å²) in [5.41, 5.74) is 1.38. The number of hydrogen-bond donors (Lipinski definition) is 1. The van der Waals surface area contributed by atoms with E-state index in [-0.39, 0.29) is 11.3 Å². The van der Waals surface area contributed by atoms with Gasteiger partial charge in [-0.25, -0.2) is 4.79 Å². The minimum atomic E-state index is -0.606. The first-order valence-corrected chi connectivity index (χ1v) is 8.41. The van der Waals surface area contributed by atoms with Crippen molar-refractivity contribution in [1.82, 2.24) is 5.16 Å². The fourth-order valence-corrected chi connectivity index (χ4v) is 2.05. The molecule has 0 saturated carbocycles. The summed E-state index contributed by atoms with van der Waals surface area (Å²) in [5.74, 6) is -0.885. The Bertz CT molecular complexity index is 773. The third-order valence-electron chi connectivity index (χ3n) is 3.17. The van der Waals surface area contributed by atoms with Gasteiger partial charge in [-0.1, -0.05) is 54.0 Å². The monoisotopic (exact) mass is 406 g/mol. The van der Waals surface area contributed by atoms with Crippen LogP contribution in [-0.2, 0) is 19.7 Å². The molecule has 0 atom stereocenters. The number of ether oxygens (including phenoxy) is 1. The van der Waals surface area contributed by atoms with E-state index in [0.29, 0.717) is 0 Å². The van der Waals surface area contributed by atoms with E-state index in [4.69, 9.17) is 9.26 Å². The fourth-order valence-electron chi connectivity index (χ4n) is 1.78. The lowest BCUT2D eigenvalue weighted by Crippen LogP contribution is -2.19. The molecule has 0 radical (unpaired) electrons. The molecule has 132 valence electrons. The predicted octanol–water partition coefficient (Wildman–Crippen LogP) is 3.93. The van der Waals surface area contributed by atoms with Crippen LogP contribution in [0.4, 0.5) is 5.88 Å². The third-order valence-corrected chi connectivity index (χ3v) is 3.70. The van der Waals surface area contributed by atoms with E-state index < -0.39 is 18.5 Å². The smallest absolute Gasteiger partial charge is 0.331 e. The summed E-state index contributed by atoms with van der Waals surface area (Å²) in [6.07, 6.45) is 2.88. The standard InChI is InChI=1S/C18H19BrN2O4/c1-18(2,3)14-10-16(25-21-14)20-15(22)11-24-17(23)9-6-12-4-7-13(19)8-5-12/h4-10H,11H2,1-3H3,(H,20,22)/b9-6+. The Balaban J connectivity index is 1.80. The highest BCUT2D eigenvalue weighted by atomic mass is 79.9. The molecule has 0 saturated heterocycles. The average molecular weight is 407 g/mol. The Labute approximate surface area is 154 Å². The summed E-state index contributed by atoms with van der Waals surface area (Å²) in [4.78, 5) is 23.4. The van der Waals surface area contributed by atoms with Crippen LogP contribution < -0.4 is 5.32 Å². The number of halogens is 1. The minimum absolute atomic E-state index is 0.184. The van der Waals surface area contributed by atoms with Crippen molar-refractivity contribution >= 4 is 39.8 Å². The molecule has 0 fully saturated rings. The van der Waals surface area contributed by atoms with Crippen molar-refractivity contribution in [2.75, 3.05) is 11.9 Å². The normalized spacial score (nSPS) is 11.5. The van der Waals surface area contributed by atoms with Gasteiger partial charge in [0.1, 0.15) is 0 Å². The van der Waals surface area contributed by atoms with Gasteiger partial charge < -0.3 is 9.26 Å². The van der Waals surface area contributed by atoms with Crippen molar-refractivity contribution in [3.63, 3.8) is 0 Å². The molecule has 1 amide bonds.